The monoisotopic (exact) mass is 385 g/mol. The number of hydrogen-bond acceptors (Lipinski definition) is 5. The van der Waals surface area contributed by atoms with Crippen LogP contribution in [-0.2, 0) is 19.5 Å². The number of hydrogen-bond donors (Lipinski definition) is 0. The third-order valence-corrected chi connectivity index (χ3v) is 5.06. The van der Waals surface area contributed by atoms with Gasteiger partial charge < -0.3 is 0 Å². The van der Waals surface area contributed by atoms with Gasteiger partial charge in [0.15, 0.2) is 5.82 Å². The van der Waals surface area contributed by atoms with Crippen molar-refractivity contribution in [3.63, 3.8) is 0 Å². The quantitative estimate of drug-likeness (QED) is 0.761. The summed E-state index contributed by atoms with van der Waals surface area (Å²) in [5, 5.41) is 0. The summed E-state index contributed by atoms with van der Waals surface area (Å²) in [7, 11) is 0. The number of halogens is 1. The van der Waals surface area contributed by atoms with Crippen molar-refractivity contribution in [1.29, 1.82) is 0 Å². The Balaban J connectivity index is 1.47. The van der Waals surface area contributed by atoms with Crippen LogP contribution < -0.4 is 0 Å². The van der Waals surface area contributed by atoms with E-state index < -0.39 is 0 Å². The second-order valence-corrected chi connectivity index (χ2v) is 7.21. The molecule has 0 unspecified atom stereocenters. The van der Waals surface area contributed by atoms with Gasteiger partial charge in [0.1, 0.15) is 4.60 Å². The van der Waals surface area contributed by atoms with E-state index in [2.05, 4.69) is 41.9 Å². The van der Waals surface area contributed by atoms with Crippen LogP contribution >= 0.6 is 15.9 Å². The zero-order chi connectivity index (χ0) is 16.4. The fourth-order valence-electron chi connectivity index (χ4n) is 3.29. The molecule has 2 aliphatic rings. The van der Waals surface area contributed by atoms with Crippen molar-refractivity contribution in [2.24, 2.45) is 4.99 Å². The van der Waals surface area contributed by atoms with Gasteiger partial charge in [0, 0.05) is 50.6 Å². The highest BCUT2D eigenvalue weighted by Crippen LogP contribution is 2.20. The van der Waals surface area contributed by atoms with Gasteiger partial charge in [0.25, 0.3) is 0 Å². The summed E-state index contributed by atoms with van der Waals surface area (Å²) in [5.41, 5.74) is 4.76. The first kappa shape index (κ1) is 15.8. The molecule has 2 aliphatic heterocycles. The Hall–Kier alpha value is -1.66. The van der Waals surface area contributed by atoms with Gasteiger partial charge in [-0.3, -0.25) is 9.89 Å². The topological polar surface area (TPSA) is 54.3 Å². The molecule has 124 valence electrons. The van der Waals surface area contributed by atoms with Crippen LogP contribution in [0.25, 0.3) is 0 Å². The van der Waals surface area contributed by atoms with E-state index in [-0.39, 0.29) is 0 Å². The van der Waals surface area contributed by atoms with Crippen LogP contribution in [0.3, 0.4) is 0 Å². The summed E-state index contributed by atoms with van der Waals surface area (Å²) < 4.78 is 0.877. The molecule has 0 saturated carbocycles. The zero-order valence-corrected chi connectivity index (χ0v) is 15.2. The highest BCUT2D eigenvalue weighted by Gasteiger charge is 2.20. The summed E-state index contributed by atoms with van der Waals surface area (Å²) in [5.74, 6) is 0.846. The van der Waals surface area contributed by atoms with E-state index in [4.69, 9.17) is 4.98 Å². The molecule has 0 fully saturated rings. The van der Waals surface area contributed by atoms with Crippen LogP contribution in [-0.4, -0.2) is 38.7 Å². The normalized spacial score (nSPS) is 18.1. The number of pyridine rings is 1. The molecule has 2 aromatic rings. The number of rotatable bonds is 3. The minimum absolute atomic E-state index is 0.846. The van der Waals surface area contributed by atoms with Crippen molar-refractivity contribution in [2.45, 2.75) is 38.8 Å². The highest BCUT2D eigenvalue weighted by molar-refractivity contribution is 9.10. The first-order valence-corrected chi connectivity index (χ1v) is 9.28. The van der Waals surface area contributed by atoms with Crippen molar-refractivity contribution in [2.75, 3.05) is 13.1 Å². The summed E-state index contributed by atoms with van der Waals surface area (Å²) in [4.78, 5) is 20.7. The van der Waals surface area contributed by atoms with Crippen molar-refractivity contribution >= 4 is 21.6 Å². The summed E-state index contributed by atoms with van der Waals surface area (Å²) in [6, 6.07) is 4.11. The predicted molar refractivity (Wildman–Crippen MR) is 97.0 cm³/mol. The SMILES string of the molecule is Brc1ccc(CN2CCc3nc(C4=NCCCC4)ncc3C2)cn1. The fraction of sp³-hybridized carbons (Fsp3) is 0.444. The Morgan fingerprint density at radius 2 is 2.04 bits per heavy atom. The number of nitrogens with zero attached hydrogens (tertiary/aromatic N) is 5. The minimum Gasteiger partial charge on any atom is -0.294 e. The molecule has 0 saturated heterocycles. The predicted octanol–water partition coefficient (Wildman–Crippen LogP) is 3.17. The third kappa shape index (κ3) is 3.54. The molecule has 0 amide bonds. The number of fused-ring (bicyclic) bond motifs is 1. The van der Waals surface area contributed by atoms with E-state index in [1.54, 1.807) is 0 Å². The minimum atomic E-state index is 0.846. The Bertz CT molecular complexity index is 757. The number of aromatic nitrogens is 3. The highest BCUT2D eigenvalue weighted by atomic mass is 79.9. The van der Waals surface area contributed by atoms with Gasteiger partial charge in [-0.2, -0.15) is 0 Å². The van der Waals surface area contributed by atoms with Gasteiger partial charge in [-0.25, -0.2) is 15.0 Å². The molecule has 0 radical (unpaired) electrons. The van der Waals surface area contributed by atoms with Crippen molar-refractivity contribution in [3.05, 3.63) is 51.8 Å². The molecule has 6 heteroatoms. The van der Waals surface area contributed by atoms with Gasteiger partial charge in [0.05, 0.1) is 11.4 Å². The molecule has 4 rings (SSSR count). The van der Waals surface area contributed by atoms with Crippen LogP contribution in [0.1, 0.15) is 41.9 Å². The van der Waals surface area contributed by atoms with Gasteiger partial charge in [-0.1, -0.05) is 6.07 Å². The molecular formula is C18H20BrN5. The Morgan fingerprint density at radius 3 is 2.83 bits per heavy atom. The summed E-state index contributed by atoms with van der Waals surface area (Å²) in [6.07, 6.45) is 8.31. The van der Waals surface area contributed by atoms with Gasteiger partial charge >= 0.3 is 0 Å². The van der Waals surface area contributed by atoms with E-state index in [1.807, 2.05) is 18.5 Å². The Kier molecular flexibility index (Phi) is 4.67. The molecule has 0 atom stereocenters. The van der Waals surface area contributed by atoms with Crippen molar-refractivity contribution in [3.8, 4) is 0 Å². The zero-order valence-electron chi connectivity index (χ0n) is 13.6. The average Bonchev–Trinajstić information content (AvgIpc) is 2.64. The molecule has 0 bridgehead atoms. The van der Waals surface area contributed by atoms with Crippen LogP contribution in [0.2, 0.25) is 0 Å². The summed E-state index contributed by atoms with van der Waals surface area (Å²) in [6.45, 7) is 3.75. The molecule has 2 aromatic heterocycles. The summed E-state index contributed by atoms with van der Waals surface area (Å²) >= 11 is 3.38. The molecule has 0 aromatic carbocycles. The Morgan fingerprint density at radius 1 is 1.08 bits per heavy atom. The van der Waals surface area contributed by atoms with E-state index in [1.165, 1.54) is 29.7 Å². The van der Waals surface area contributed by atoms with E-state index in [0.29, 0.717) is 0 Å². The molecule has 4 heterocycles. The fourth-order valence-corrected chi connectivity index (χ4v) is 3.52. The van der Waals surface area contributed by atoms with Gasteiger partial charge in [0.2, 0.25) is 0 Å². The molecule has 0 spiro atoms. The number of aliphatic imine (C=N–C) groups is 1. The maximum Gasteiger partial charge on any atom is 0.173 e. The maximum atomic E-state index is 4.80. The second kappa shape index (κ2) is 7.07. The largest absolute Gasteiger partial charge is 0.294 e. The Labute approximate surface area is 150 Å². The van der Waals surface area contributed by atoms with Crippen LogP contribution in [0, 0.1) is 0 Å². The average molecular weight is 386 g/mol. The van der Waals surface area contributed by atoms with Crippen molar-refractivity contribution < 1.29 is 0 Å². The molecule has 5 nitrogen and oxygen atoms in total. The lowest BCUT2D eigenvalue weighted by atomic mass is 10.1. The van der Waals surface area contributed by atoms with Crippen molar-refractivity contribution in [1.82, 2.24) is 19.9 Å². The lowest BCUT2D eigenvalue weighted by Crippen LogP contribution is -2.31. The first-order valence-electron chi connectivity index (χ1n) is 8.49. The molecule has 0 N–H and O–H groups in total. The van der Waals surface area contributed by atoms with E-state index in [0.717, 1.165) is 55.2 Å². The van der Waals surface area contributed by atoms with Crippen LogP contribution in [0.5, 0.6) is 0 Å². The molecule has 24 heavy (non-hydrogen) atoms. The van der Waals surface area contributed by atoms with Gasteiger partial charge in [-0.05, 0) is 46.8 Å². The van der Waals surface area contributed by atoms with Gasteiger partial charge in [-0.15, -0.1) is 0 Å². The van der Waals surface area contributed by atoms with Crippen LogP contribution in [0.15, 0.2) is 34.1 Å². The smallest absolute Gasteiger partial charge is 0.173 e. The lowest BCUT2D eigenvalue weighted by Gasteiger charge is -2.28. The van der Waals surface area contributed by atoms with E-state index >= 15 is 0 Å². The first-order chi connectivity index (χ1) is 11.8. The molecule has 0 aliphatic carbocycles. The standard InChI is InChI=1S/C18H20BrN5/c19-17-5-4-13(9-21-17)11-24-8-6-15-14(12-24)10-22-18(23-15)16-3-1-2-7-20-16/h4-5,9-10H,1-3,6-8,11-12H2. The van der Waals surface area contributed by atoms with Crippen LogP contribution in [0.4, 0.5) is 0 Å². The third-order valence-electron chi connectivity index (χ3n) is 4.59. The maximum absolute atomic E-state index is 4.80. The van der Waals surface area contributed by atoms with E-state index in [9.17, 15) is 0 Å². The molecular weight excluding hydrogens is 366 g/mol. The second-order valence-electron chi connectivity index (χ2n) is 6.40. The lowest BCUT2D eigenvalue weighted by molar-refractivity contribution is 0.242.